The Morgan fingerprint density at radius 1 is 0.980 bits per heavy atom. The predicted octanol–water partition coefficient (Wildman–Crippen LogP) is 4.76. The van der Waals surface area contributed by atoms with Gasteiger partial charge in [-0.2, -0.15) is 0 Å². The van der Waals surface area contributed by atoms with Gasteiger partial charge in [0.05, 0.1) is 57.1 Å². The number of fused-ring (bicyclic) bond motifs is 1. The smallest absolute Gasteiger partial charge is 0.407 e. The van der Waals surface area contributed by atoms with E-state index in [4.69, 9.17) is 14.5 Å². The van der Waals surface area contributed by atoms with Crippen LogP contribution in [0.15, 0.2) is 71.5 Å². The first-order valence-corrected chi connectivity index (χ1v) is 16.1. The van der Waals surface area contributed by atoms with Gasteiger partial charge in [-0.05, 0) is 61.9 Å². The highest BCUT2D eigenvalue weighted by Gasteiger charge is 2.34. The monoisotopic (exact) mass is 693 g/mol. The quantitative estimate of drug-likeness (QED) is 0.240. The SMILES string of the molecule is CC[C@H](NC(=O)OC)C(=O)N1CCN(n2c(C(C)N(C(=O)Nc3ccc(F)cc3)c3ccc(OC)cc3OC)nc3ccccc3c2=O)CC1.[HH].[HH]. The van der Waals surface area contributed by atoms with Crippen molar-refractivity contribution in [2.75, 3.05) is 62.7 Å². The van der Waals surface area contributed by atoms with Crippen molar-refractivity contribution in [1.29, 1.82) is 0 Å². The van der Waals surface area contributed by atoms with E-state index in [2.05, 4.69) is 15.4 Å². The van der Waals surface area contributed by atoms with Gasteiger partial charge in [-0.3, -0.25) is 14.5 Å². The van der Waals surface area contributed by atoms with Gasteiger partial charge < -0.3 is 34.8 Å². The molecule has 4 amide bonds. The number of nitrogens with one attached hydrogen (secondary N) is 2. The number of para-hydroxylation sites is 1. The van der Waals surface area contributed by atoms with Gasteiger partial charge in [0.2, 0.25) is 5.91 Å². The summed E-state index contributed by atoms with van der Waals surface area (Å²) in [4.78, 5) is 61.6. The maximum atomic E-state index is 14.3. The molecule has 2 atom stereocenters. The minimum absolute atomic E-state index is 0. The minimum Gasteiger partial charge on any atom is -0.497 e. The molecule has 0 saturated carbocycles. The summed E-state index contributed by atoms with van der Waals surface area (Å²) >= 11 is 0. The number of benzene rings is 3. The molecule has 1 fully saturated rings. The lowest BCUT2D eigenvalue weighted by Gasteiger charge is -2.40. The molecule has 1 saturated heterocycles. The molecule has 14 nitrogen and oxygen atoms in total. The molecule has 1 unspecified atom stereocenters. The van der Waals surface area contributed by atoms with E-state index in [0.29, 0.717) is 40.2 Å². The van der Waals surface area contributed by atoms with Gasteiger partial charge >= 0.3 is 12.1 Å². The number of urea groups is 1. The van der Waals surface area contributed by atoms with Crippen LogP contribution in [0.5, 0.6) is 11.5 Å². The number of aromatic nitrogens is 2. The Balaban J connectivity index is 0.00000364. The molecule has 1 aliphatic heterocycles. The van der Waals surface area contributed by atoms with E-state index in [9.17, 15) is 23.6 Å². The fourth-order valence-electron chi connectivity index (χ4n) is 5.87. The Labute approximate surface area is 291 Å². The first-order valence-electron chi connectivity index (χ1n) is 16.1. The van der Waals surface area contributed by atoms with Crippen molar-refractivity contribution >= 4 is 40.3 Å². The zero-order chi connectivity index (χ0) is 35.9. The van der Waals surface area contributed by atoms with E-state index in [1.165, 1.54) is 55.2 Å². The van der Waals surface area contributed by atoms with E-state index in [-0.39, 0.29) is 46.3 Å². The van der Waals surface area contributed by atoms with Crippen LogP contribution in [0.1, 0.15) is 35.0 Å². The van der Waals surface area contributed by atoms with E-state index in [1.54, 1.807) is 66.2 Å². The fourth-order valence-corrected chi connectivity index (χ4v) is 5.87. The van der Waals surface area contributed by atoms with Crippen LogP contribution in [0.3, 0.4) is 0 Å². The molecule has 15 heteroatoms. The Morgan fingerprint density at radius 3 is 2.32 bits per heavy atom. The summed E-state index contributed by atoms with van der Waals surface area (Å²) in [6.07, 6.45) is -0.327. The summed E-state index contributed by atoms with van der Waals surface area (Å²) in [7, 11) is 4.21. The van der Waals surface area contributed by atoms with Crippen LogP contribution in [-0.4, -0.2) is 86.1 Å². The highest BCUT2D eigenvalue weighted by atomic mass is 19.1. The Bertz CT molecular complexity index is 1920. The molecule has 2 N–H and O–H groups in total. The number of rotatable bonds is 10. The molecule has 1 aliphatic rings. The Hall–Kier alpha value is -5.86. The number of hydrogen-bond acceptors (Lipinski definition) is 9. The van der Waals surface area contributed by atoms with Crippen LogP contribution in [0.4, 0.5) is 25.4 Å². The number of alkyl carbamates (subject to hydrolysis) is 1. The molecule has 50 heavy (non-hydrogen) atoms. The largest absolute Gasteiger partial charge is 0.497 e. The van der Waals surface area contributed by atoms with Crippen LogP contribution in [0.25, 0.3) is 10.9 Å². The first-order chi connectivity index (χ1) is 24.1. The van der Waals surface area contributed by atoms with Crippen LogP contribution >= 0.6 is 0 Å². The van der Waals surface area contributed by atoms with Gasteiger partial charge in [-0.1, -0.05) is 19.1 Å². The lowest BCUT2D eigenvalue weighted by Crippen LogP contribution is -2.59. The van der Waals surface area contributed by atoms with Crippen molar-refractivity contribution < 1.29 is 35.8 Å². The van der Waals surface area contributed by atoms with E-state index >= 15 is 0 Å². The van der Waals surface area contributed by atoms with Gasteiger partial charge in [-0.25, -0.2) is 23.6 Å². The molecule has 3 aromatic carbocycles. The van der Waals surface area contributed by atoms with Gasteiger partial charge in [-0.15, -0.1) is 0 Å². The van der Waals surface area contributed by atoms with E-state index < -0.39 is 30.0 Å². The zero-order valence-electron chi connectivity index (χ0n) is 28.5. The molecular formula is C35H44FN7O7. The molecule has 1 aromatic heterocycles. The molecule has 4 aromatic rings. The predicted molar refractivity (Wildman–Crippen MR) is 190 cm³/mol. The number of carbonyl (C=O) groups excluding carboxylic acids is 3. The van der Waals surface area contributed by atoms with Crippen molar-refractivity contribution in [2.24, 2.45) is 0 Å². The van der Waals surface area contributed by atoms with Gasteiger partial charge in [0.1, 0.15) is 23.4 Å². The van der Waals surface area contributed by atoms with E-state index in [1.807, 2.05) is 0 Å². The maximum absolute atomic E-state index is 14.3. The summed E-state index contributed by atoms with van der Waals surface area (Å²) in [6.45, 7) is 4.56. The molecule has 2 heterocycles. The number of halogens is 1. The number of anilines is 2. The summed E-state index contributed by atoms with van der Waals surface area (Å²) in [5, 5.41) is 7.57. The van der Waals surface area contributed by atoms with Crippen LogP contribution < -0.4 is 35.6 Å². The van der Waals surface area contributed by atoms with Crippen LogP contribution in [-0.2, 0) is 9.53 Å². The second-order valence-corrected chi connectivity index (χ2v) is 11.5. The van der Waals surface area contributed by atoms with Crippen molar-refractivity contribution in [1.82, 2.24) is 19.9 Å². The molecule has 268 valence electrons. The van der Waals surface area contributed by atoms with Crippen molar-refractivity contribution in [2.45, 2.75) is 32.4 Å². The lowest BCUT2D eigenvalue weighted by atomic mass is 10.1. The third-order valence-corrected chi connectivity index (χ3v) is 8.53. The Kier molecular flexibility index (Phi) is 11.0. The standard InChI is InChI=1S/C35H40FN7O7.2H2/c1-6-27(39-35(47)50-5)33(45)40-17-19-41(20-18-40)43-31(38-28-10-8-7-9-26(28)32(43)44)22(2)42(29-16-15-25(48-3)21-30(29)49-4)34(46)37-24-13-11-23(36)12-14-24;;/h7-16,21-22,27H,6,17-20H2,1-5H3,(H,37,46)(H,39,47);2*1H/t22?,27-;;/m0../s1. The summed E-state index contributed by atoms with van der Waals surface area (Å²) in [5.74, 6) is 0.349. The average Bonchev–Trinajstić information content (AvgIpc) is 3.14. The number of amides is 4. The molecule has 5 rings (SSSR count). The number of hydrogen-bond donors (Lipinski definition) is 2. The van der Waals surface area contributed by atoms with Crippen LogP contribution in [0.2, 0.25) is 0 Å². The summed E-state index contributed by atoms with van der Waals surface area (Å²) in [5.41, 5.74) is 0.785. The van der Waals surface area contributed by atoms with Crippen molar-refractivity contribution in [3.63, 3.8) is 0 Å². The highest BCUT2D eigenvalue weighted by Crippen LogP contribution is 2.37. The zero-order valence-corrected chi connectivity index (χ0v) is 28.5. The minimum atomic E-state index is -0.886. The molecule has 0 radical (unpaired) electrons. The highest BCUT2D eigenvalue weighted by molar-refractivity contribution is 6.03. The maximum Gasteiger partial charge on any atom is 0.407 e. The normalized spacial score (nSPS) is 14.0. The number of methoxy groups -OCH3 is 3. The summed E-state index contributed by atoms with van der Waals surface area (Å²) in [6, 6.07) is 15.0. The molecular weight excluding hydrogens is 649 g/mol. The number of nitrogens with zero attached hydrogens (tertiary/aromatic N) is 5. The number of ether oxygens (including phenoxy) is 3. The van der Waals surface area contributed by atoms with Crippen molar-refractivity contribution in [3.8, 4) is 11.5 Å². The lowest BCUT2D eigenvalue weighted by molar-refractivity contribution is -0.133. The topological polar surface area (TPSA) is 148 Å². The van der Waals surface area contributed by atoms with Gasteiger partial charge in [0.15, 0.2) is 5.82 Å². The first kappa shape index (κ1) is 35.4. The van der Waals surface area contributed by atoms with Crippen molar-refractivity contribution in [3.05, 3.63) is 88.7 Å². The molecule has 0 bridgehead atoms. The average molecular weight is 694 g/mol. The third-order valence-electron chi connectivity index (χ3n) is 8.53. The van der Waals surface area contributed by atoms with E-state index in [0.717, 1.165) is 0 Å². The molecule has 0 aliphatic carbocycles. The molecule has 0 spiro atoms. The summed E-state index contributed by atoms with van der Waals surface area (Å²) < 4.78 is 30.9. The second kappa shape index (κ2) is 15.6. The number of carbonyl (C=O) groups is 3. The van der Waals surface area contributed by atoms with Gasteiger partial charge in [0.25, 0.3) is 5.56 Å². The third kappa shape index (κ3) is 7.41. The van der Waals surface area contributed by atoms with Crippen LogP contribution in [0, 0.1) is 5.82 Å². The second-order valence-electron chi connectivity index (χ2n) is 11.5. The van der Waals surface area contributed by atoms with Gasteiger partial charge in [0, 0.05) is 27.7 Å². The Morgan fingerprint density at radius 2 is 1.68 bits per heavy atom. The number of piperazine rings is 1. The fraction of sp³-hybridized carbons (Fsp3) is 0.343.